The lowest BCUT2D eigenvalue weighted by Crippen LogP contribution is -2.29. The molecule has 2 heterocycles. The molecule has 0 fully saturated rings. The third-order valence-corrected chi connectivity index (χ3v) is 6.03. The zero-order valence-electron chi connectivity index (χ0n) is 20.1. The number of carbonyl (C=O) groups excluding carboxylic acids is 1. The summed E-state index contributed by atoms with van der Waals surface area (Å²) in [7, 11) is 0. The van der Waals surface area contributed by atoms with E-state index >= 15 is 0 Å². The standard InChI is InChI=1S/C24H34N4O4S/c1-6-10-14-33-24-26-23-25-16(5)20(22(29)32-13-7-2)21(28(23)27-24)17-11-12-18(30-8-3)19(15-17)31-9-4/h11-12,15,21H,6-10,13-14H2,1-5H3,(H,25,26,27). The molecule has 2 aromatic rings. The largest absolute Gasteiger partial charge is 0.490 e. The maximum atomic E-state index is 13.1. The Morgan fingerprint density at radius 1 is 1.12 bits per heavy atom. The molecule has 180 valence electrons. The summed E-state index contributed by atoms with van der Waals surface area (Å²) in [5.41, 5.74) is 2.07. The van der Waals surface area contributed by atoms with Crippen molar-refractivity contribution in [1.29, 1.82) is 0 Å². The summed E-state index contributed by atoms with van der Waals surface area (Å²) >= 11 is 1.62. The number of rotatable bonds is 12. The number of aromatic nitrogens is 3. The quantitative estimate of drug-likeness (QED) is 0.255. The van der Waals surface area contributed by atoms with E-state index in [0.29, 0.717) is 53.7 Å². The van der Waals surface area contributed by atoms with Crippen molar-refractivity contribution in [2.75, 3.05) is 30.9 Å². The van der Waals surface area contributed by atoms with E-state index in [0.717, 1.165) is 30.6 Å². The van der Waals surface area contributed by atoms with Crippen molar-refractivity contribution in [3.8, 4) is 11.5 Å². The van der Waals surface area contributed by atoms with Crippen LogP contribution in [0.1, 0.15) is 65.5 Å². The van der Waals surface area contributed by atoms with Crippen molar-refractivity contribution in [2.24, 2.45) is 0 Å². The molecular formula is C24H34N4O4S. The van der Waals surface area contributed by atoms with Gasteiger partial charge in [-0.05, 0) is 51.3 Å². The second-order valence-corrected chi connectivity index (χ2v) is 8.70. The van der Waals surface area contributed by atoms with Crippen LogP contribution < -0.4 is 14.8 Å². The minimum atomic E-state index is -0.492. The average Bonchev–Trinajstić information content (AvgIpc) is 3.20. The number of esters is 1. The fourth-order valence-electron chi connectivity index (χ4n) is 3.58. The predicted molar refractivity (Wildman–Crippen MR) is 130 cm³/mol. The van der Waals surface area contributed by atoms with Crippen molar-refractivity contribution in [2.45, 2.75) is 65.1 Å². The van der Waals surface area contributed by atoms with Crippen molar-refractivity contribution < 1.29 is 19.0 Å². The lowest BCUT2D eigenvalue weighted by Gasteiger charge is -2.28. The van der Waals surface area contributed by atoms with E-state index in [1.165, 1.54) is 0 Å². The van der Waals surface area contributed by atoms with Gasteiger partial charge in [-0.2, -0.15) is 4.98 Å². The number of carbonyl (C=O) groups is 1. The molecule has 1 aliphatic rings. The van der Waals surface area contributed by atoms with Crippen molar-refractivity contribution >= 4 is 23.7 Å². The third-order valence-electron chi connectivity index (χ3n) is 5.10. The lowest BCUT2D eigenvalue weighted by molar-refractivity contribution is -0.139. The molecule has 8 nitrogen and oxygen atoms in total. The van der Waals surface area contributed by atoms with E-state index in [1.54, 1.807) is 16.4 Å². The highest BCUT2D eigenvalue weighted by molar-refractivity contribution is 7.99. The molecule has 33 heavy (non-hydrogen) atoms. The zero-order valence-corrected chi connectivity index (χ0v) is 21.0. The molecule has 1 atom stereocenters. The van der Waals surface area contributed by atoms with Crippen LogP contribution >= 0.6 is 11.8 Å². The van der Waals surface area contributed by atoms with E-state index in [2.05, 4.69) is 17.2 Å². The Bertz CT molecular complexity index is 989. The van der Waals surface area contributed by atoms with Gasteiger partial charge in [0.05, 0.1) is 25.4 Å². The number of nitrogens with zero attached hydrogens (tertiary/aromatic N) is 3. The van der Waals surface area contributed by atoms with Gasteiger partial charge in [-0.3, -0.25) is 0 Å². The molecule has 1 aromatic heterocycles. The first-order chi connectivity index (χ1) is 16.0. The SMILES string of the molecule is CCCCSc1nc2n(n1)C(c1ccc(OCC)c(OCC)c1)C(C(=O)OCCC)=C(C)N2. The first-order valence-electron chi connectivity index (χ1n) is 11.7. The van der Waals surface area contributed by atoms with Crippen molar-refractivity contribution in [3.05, 3.63) is 35.0 Å². The molecule has 1 unspecified atom stereocenters. The maximum Gasteiger partial charge on any atom is 0.338 e. The van der Waals surface area contributed by atoms with Gasteiger partial charge in [0.15, 0.2) is 11.5 Å². The molecule has 1 aromatic carbocycles. The Kier molecular flexibility index (Phi) is 9.05. The van der Waals surface area contributed by atoms with Gasteiger partial charge >= 0.3 is 5.97 Å². The van der Waals surface area contributed by atoms with Gasteiger partial charge in [-0.25, -0.2) is 9.48 Å². The molecule has 0 amide bonds. The molecule has 1 N–H and O–H groups in total. The molecule has 3 rings (SSSR count). The average molecular weight is 475 g/mol. The van der Waals surface area contributed by atoms with Crippen molar-refractivity contribution in [3.63, 3.8) is 0 Å². The van der Waals surface area contributed by atoms with E-state index < -0.39 is 6.04 Å². The normalized spacial score (nSPS) is 15.1. The van der Waals surface area contributed by atoms with Crippen LogP contribution in [0, 0.1) is 0 Å². The topological polar surface area (TPSA) is 87.5 Å². The first kappa shape index (κ1) is 25.0. The minimum Gasteiger partial charge on any atom is -0.490 e. The minimum absolute atomic E-state index is 0.359. The number of unbranched alkanes of at least 4 members (excludes halogenated alkanes) is 1. The number of thioether (sulfide) groups is 1. The van der Waals surface area contributed by atoms with Crippen molar-refractivity contribution in [1.82, 2.24) is 14.8 Å². The Morgan fingerprint density at radius 3 is 2.58 bits per heavy atom. The van der Waals surface area contributed by atoms with Gasteiger partial charge in [0.1, 0.15) is 6.04 Å². The van der Waals surface area contributed by atoms with E-state index in [-0.39, 0.29) is 5.97 Å². The molecule has 0 saturated carbocycles. The summed E-state index contributed by atoms with van der Waals surface area (Å²) in [6.45, 7) is 11.3. The van der Waals surface area contributed by atoms with Crippen LogP contribution in [0.5, 0.6) is 11.5 Å². The molecule has 0 spiro atoms. The molecule has 9 heteroatoms. The molecule has 0 aliphatic carbocycles. The van der Waals surface area contributed by atoms with Crippen LogP contribution in [-0.4, -0.2) is 46.3 Å². The number of ether oxygens (including phenoxy) is 3. The summed E-state index contributed by atoms with van der Waals surface area (Å²) in [4.78, 5) is 17.8. The fourth-order valence-corrected chi connectivity index (χ4v) is 4.50. The Labute approximate surface area is 200 Å². The number of hydrogen-bond acceptors (Lipinski definition) is 8. The lowest BCUT2D eigenvalue weighted by atomic mass is 9.95. The monoisotopic (exact) mass is 474 g/mol. The van der Waals surface area contributed by atoms with Crippen LogP contribution in [-0.2, 0) is 9.53 Å². The number of benzene rings is 1. The molecular weight excluding hydrogens is 440 g/mol. The smallest absolute Gasteiger partial charge is 0.338 e. The van der Waals surface area contributed by atoms with Gasteiger partial charge in [0, 0.05) is 11.4 Å². The van der Waals surface area contributed by atoms with Gasteiger partial charge in [-0.15, -0.1) is 5.10 Å². The van der Waals surface area contributed by atoms with E-state index in [1.807, 2.05) is 45.9 Å². The van der Waals surface area contributed by atoms with Crippen LogP contribution in [0.25, 0.3) is 0 Å². The second kappa shape index (κ2) is 12.0. The highest BCUT2D eigenvalue weighted by atomic mass is 32.2. The summed E-state index contributed by atoms with van der Waals surface area (Å²) in [6, 6.07) is 5.25. The molecule has 1 aliphatic heterocycles. The first-order valence-corrected chi connectivity index (χ1v) is 12.7. The second-order valence-electron chi connectivity index (χ2n) is 7.64. The van der Waals surface area contributed by atoms with E-state index in [4.69, 9.17) is 19.3 Å². The highest BCUT2D eigenvalue weighted by Crippen LogP contribution is 2.40. The number of allylic oxidation sites excluding steroid dienone is 1. The zero-order chi connectivity index (χ0) is 23.8. The number of fused-ring (bicyclic) bond motifs is 1. The van der Waals surface area contributed by atoms with Gasteiger partial charge in [0.25, 0.3) is 0 Å². The van der Waals surface area contributed by atoms with Crippen LogP contribution in [0.3, 0.4) is 0 Å². The highest BCUT2D eigenvalue weighted by Gasteiger charge is 2.35. The molecule has 0 bridgehead atoms. The summed E-state index contributed by atoms with van der Waals surface area (Å²) in [5.74, 6) is 2.49. The van der Waals surface area contributed by atoms with Gasteiger partial charge < -0.3 is 19.5 Å². The fraction of sp³-hybridized carbons (Fsp3) is 0.542. The number of hydrogen-bond donors (Lipinski definition) is 1. The van der Waals surface area contributed by atoms with Gasteiger partial charge in [-0.1, -0.05) is 38.1 Å². The summed E-state index contributed by atoms with van der Waals surface area (Å²) < 4.78 is 18.9. The van der Waals surface area contributed by atoms with E-state index in [9.17, 15) is 4.79 Å². The summed E-state index contributed by atoms with van der Waals surface area (Å²) in [6.07, 6.45) is 2.95. The van der Waals surface area contributed by atoms with Crippen LogP contribution in [0.2, 0.25) is 0 Å². The Morgan fingerprint density at radius 2 is 1.88 bits per heavy atom. The molecule has 0 radical (unpaired) electrons. The number of nitrogens with one attached hydrogen (secondary N) is 1. The third kappa shape index (κ3) is 5.82. The maximum absolute atomic E-state index is 13.1. The van der Waals surface area contributed by atoms with Crippen LogP contribution in [0.4, 0.5) is 5.95 Å². The van der Waals surface area contributed by atoms with Crippen LogP contribution in [0.15, 0.2) is 34.6 Å². The van der Waals surface area contributed by atoms with Gasteiger partial charge in [0.2, 0.25) is 11.1 Å². The predicted octanol–water partition coefficient (Wildman–Crippen LogP) is 5.21. The molecule has 0 saturated heterocycles. The Hall–Kier alpha value is -2.68. The Balaban J connectivity index is 2.07. The number of anilines is 1. The summed E-state index contributed by atoms with van der Waals surface area (Å²) in [5, 5.41) is 8.69.